The van der Waals surface area contributed by atoms with Crippen LogP contribution in [0.2, 0.25) is 10.0 Å². The third-order valence-electron chi connectivity index (χ3n) is 2.70. The van der Waals surface area contributed by atoms with Crippen molar-refractivity contribution >= 4 is 34.9 Å². The van der Waals surface area contributed by atoms with Gasteiger partial charge >= 0.3 is 0 Å². The van der Waals surface area contributed by atoms with E-state index in [4.69, 9.17) is 28.9 Å². The second-order valence-electron chi connectivity index (χ2n) is 4.18. The number of amides is 1. The molecule has 0 aliphatic heterocycles. The molecular formula is C14H11Cl2N2O2+. The average molecular weight is 310 g/mol. The number of nitrogens with zero attached hydrogens (tertiary/aromatic N) is 1. The Hall–Kier alpha value is -1.91. The first kappa shape index (κ1) is 14.5. The number of pyridine rings is 1. The van der Waals surface area contributed by atoms with Crippen LogP contribution in [0.4, 0.5) is 0 Å². The summed E-state index contributed by atoms with van der Waals surface area (Å²) in [5.74, 6) is -0.727. The lowest BCUT2D eigenvalue weighted by molar-refractivity contribution is -0.683. The molecule has 1 aromatic heterocycles. The molecule has 6 heteroatoms. The molecule has 2 rings (SSSR count). The minimum Gasteiger partial charge on any atom is -0.365 e. The lowest BCUT2D eigenvalue weighted by Crippen LogP contribution is -2.38. The van der Waals surface area contributed by atoms with Gasteiger partial charge in [0.25, 0.3) is 5.91 Å². The molecule has 4 nitrogen and oxygen atoms in total. The molecule has 1 amide bonds. The zero-order valence-corrected chi connectivity index (χ0v) is 11.9. The zero-order valence-electron chi connectivity index (χ0n) is 10.3. The van der Waals surface area contributed by atoms with Gasteiger partial charge in [0.2, 0.25) is 12.3 Å². The molecule has 0 aliphatic rings. The standard InChI is InChI=1S/C14H10Cl2N2O2/c15-10-3-4-11(12(16)6-10)13(19)8-18-5-1-2-9(7-18)14(17)20/h1-7H,8H2,(H-,17,20)/p+1. The monoisotopic (exact) mass is 309 g/mol. The van der Waals surface area contributed by atoms with Crippen molar-refractivity contribution in [3.05, 3.63) is 63.9 Å². The lowest BCUT2D eigenvalue weighted by Gasteiger charge is -2.02. The second-order valence-corrected chi connectivity index (χ2v) is 5.02. The molecule has 0 radical (unpaired) electrons. The molecule has 20 heavy (non-hydrogen) atoms. The maximum Gasteiger partial charge on any atom is 0.254 e. The van der Waals surface area contributed by atoms with Crippen molar-refractivity contribution in [2.75, 3.05) is 0 Å². The van der Waals surface area contributed by atoms with Crippen molar-refractivity contribution < 1.29 is 14.2 Å². The van der Waals surface area contributed by atoms with E-state index in [0.717, 1.165) is 0 Å². The number of halogens is 2. The number of aromatic nitrogens is 1. The van der Waals surface area contributed by atoms with Crippen molar-refractivity contribution in [1.82, 2.24) is 0 Å². The Bertz CT molecular complexity index is 687. The largest absolute Gasteiger partial charge is 0.365 e. The van der Waals surface area contributed by atoms with E-state index in [2.05, 4.69) is 0 Å². The van der Waals surface area contributed by atoms with Gasteiger partial charge in [0.1, 0.15) is 5.56 Å². The first-order valence-electron chi connectivity index (χ1n) is 5.74. The van der Waals surface area contributed by atoms with E-state index in [1.165, 1.54) is 12.3 Å². The summed E-state index contributed by atoms with van der Waals surface area (Å²) in [5, 5.41) is 0.768. The van der Waals surface area contributed by atoms with E-state index in [9.17, 15) is 9.59 Å². The van der Waals surface area contributed by atoms with Crippen LogP contribution in [0.15, 0.2) is 42.7 Å². The first-order chi connectivity index (χ1) is 9.47. The second kappa shape index (κ2) is 6.03. The molecule has 0 atom stereocenters. The number of hydrogen-bond acceptors (Lipinski definition) is 2. The molecule has 0 fully saturated rings. The highest BCUT2D eigenvalue weighted by Gasteiger charge is 2.16. The molecule has 2 N–H and O–H groups in total. The average Bonchev–Trinajstić information content (AvgIpc) is 2.38. The number of ketones is 1. The van der Waals surface area contributed by atoms with Crippen LogP contribution in [0.3, 0.4) is 0 Å². The molecule has 1 aromatic carbocycles. The van der Waals surface area contributed by atoms with Crippen molar-refractivity contribution in [2.24, 2.45) is 5.73 Å². The summed E-state index contributed by atoms with van der Waals surface area (Å²) >= 11 is 11.8. The summed E-state index contributed by atoms with van der Waals surface area (Å²) in [7, 11) is 0. The highest BCUT2D eigenvalue weighted by atomic mass is 35.5. The van der Waals surface area contributed by atoms with Crippen molar-refractivity contribution in [3.63, 3.8) is 0 Å². The molecular weight excluding hydrogens is 299 g/mol. The minimum atomic E-state index is -0.545. The van der Waals surface area contributed by atoms with Gasteiger partial charge in [0, 0.05) is 16.7 Å². The van der Waals surface area contributed by atoms with Gasteiger partial charge in [0.15, 0.2) is 12.4 Å². The lowest BCUT2D eigenvalue weighted by atomic mass is 10.1. The Morgan fingerprint density at radius 2 is 1.95 bits per heavy atom. The predicted molar refractivity (Wildman–Crippen MR) is 75.9 cm³/mol. The van der Waals surface area contributed by atoms with E-state index in [-0.39, 0.29) is 12.3 Å². The van der Waals surface area contributed by atoms with Gasteiger partial charge in [-0.1, -0.05) is 23.2 Å². The number of benzene rings is 1. The van der Waals surface area contributed by atoms with E-state index < -0.39 is 5.91 Å². The Balaban J connectivity index is 2.23. The maximum absolute atomic E-state index is 12.2. The van der Waals surface area contributed by atoms with Gasteiger partial charge in [-0.15, -0.1) is 0 Å². The van der Waals surface area contributed by atoms with Crippen LogP contribution in [-0.4, -0.2) is 11.7 Å². The Labute approximate surface area is 125 Å². The predicted octanol–water partition coefficient (Wildman–Crippen LogP) is 2.26. The van der Waals surface area contributed by atoms with Crippen LogP contribution in [0.5, 0.6) is 0 Å². The number of rotatable bonds is 4. The van der Waals surface area contributed by atoms with Crippen LogP contribution < -0.4 is 10.3 Å². The zero-order chi connectivity index (χ0) is 14.7. The number of carbonyl (C=O) groups is 2. The van der Waals surface area contributed by atoms with E-state index >= 15 is 0 Å². The molecule has 0 unspecified atom stereocenters. The van der Waals surface area contributed by atoms with Gasteiger partial charge < -0.3 is 5.73 Å². The van der Waals surface area contributed by atoms with Gasteiger partial charge in [-0.25, -0.2) is 0 Å². The number of primary amides is 1. The molecule has 0 spiro atoms. The fourth-order valence-corrected chi connectivity index (χ4v) is 2.25. The highest BCUT2D eigenvalue weighted by molar-refractivity contribution is 6.36. The number of nitrogens with two attached hydrogens (primary N) is 1. The topological polar surface area (TPSA) is 64.0 Å². The molecule has 1 heterocycles. The number of carbonyl (C=O) groups excluding carboxylic acids is 2. The third kappa shape index (κ3) is 3.35. The summed E-state index contributed by atoms with van der Waals surface area (Å²) < 4.78 is 1.58. The van der Waals surface area contributed by atoms with Gasteiger partial charge in [-0.3, -0.25) is 9.59 Å². The van der Waals surface area contributed by atoms with Gasteiger partial charge in [-0.05, 0) is 24.3 Å². The fourth-order valence-electron chi connectivity index (χ4n) is 1.73. The van der Waals surface area contributed by atoms with Crippen molar-refractivity contribution in [2.45, 2.75) is 6.54 Å². The summed E-state index contributed by atoms with van der Waals surface area (Å²) in [4.78, 5) is 23.3. The Kier molecular flexibility index (Phi) is 4.37. The van der Waals surface area contributed by atoms with E-state index in [1.54, 1.807) is 35.0 Å². The number of Topliss-reactive ketones (excluding diaryl/α,β-unsaturated/α-hetero) is 1. The molecule has 0 saturated carbocycles. The third-order valence-corrected chi connectivity index (χ3v) is 3.25. The van der Waals surface area contributed by atoms with Crippen LogP contribution in [-0.2, 0) is 6.54 Å². The first-order valence-corrected chi connectivity index (χ1v) is 6.50. The van der Waals surface area contributed by atoms with Crippen LogP contribution in [0, 0.1) is 0 Å². The smallest absolute Gasteiger partial charge is 0.254 e. The fraction of sp³-hybridized carbons (Fsp3) is 0.0714. The van der Waals surface area contributed by atoms with Crippen LogP contribution in [0.25, 0.3) is 0 Å². The highest BCUT2D eigenvalue weighted by Crippen LogP contribution is 2.21. The summed E-state index contributed by atoms with van der Waals surface area (Å²) in [6.07, 6.45) is 3.19. The SMILES string of the molecule is NC(=O)c1ccc[n+](CC(=O)c2ccc(Cl)cc2Cl)c1. The van der Waals surface area contributed by atoms with Crippen LogP contribution >= 0.6 is 23.2 Å². The number of hydrogen-bond donors (Lipinski definition) is 1. The Morgan fingerprint density at radius 1 is 1.20 bits per heavy atom. The van der Waals surface area contributed by atoms with Gasteiger partial charge in [-0.2, -0.15) is 4.57 Å². The summed E-state index contributed by atoms with van der Waals surface area (Å²) in [6, 6.07) is 7.92. The maximum atomic E-state index is 12.2. The summed E-state index contributed by atoms with van der Waals surface area (Å²) in [5.41, 5.74) is 5.91. The molecule has 0 aliphatic carbocycles. The molecule has 0 saturated heterocycles. The molecule has 0 bridgehead atoms. The van der Waals surface area contributed by atoms with Crippen molar-refractivity contribution in [1.29, 1.82) is 0 Å². The van der Waals surface area contributed by atoms with Crippen LogP contribution in [0.1, 0.15) is 20.7 Å². The Morgan fingerprint density at radius 3 is 2.60 bits per heavy atom. The minimum absolute atomic E-state index is 0.0580. The van der Waals surface area contributed by atoms with E-state index in [1.807, 2.05) is 0 Å². The normalized spacial score (nSPS) is 10.3. The molecule has 2 aromatic rings. The van der Waals surface area contributed by atoms with Gasteiger partial charge in [0.05, 0.1) is 5.02 Å². The quantitative estimate of drug-likeness (QED) is 0.695. The molecule has 102 valence electrons. The van der Waals surface area contributed by atoms with Crippen molar-refractivity contribution in [3.8, 4) is 0 Å². The van der Waals surface area contributed by atoms with E-state index in [0.29, 0.717) is 21.2 Å². The summed E-state index contributed by atoms with van der Waals surface area (Å²) in [6.45, 7) is 0.0580.